The number of halogens is 3. The van der Waals surface area contributed by atoms with Gasteiger partial charge in [0.05, 0.1) is 11.4 Å². The van der Waals surface area contributed by atoms with E-state index in [4.69, 9.17) is 42.0 Å². The van der Waals surface area contributed by atoms with Crippen LogP contribution < -0.4 is 20.9 Å². The number of ether oxygens (including phenoxy) is 1. The predicted octanol–water partition coefficient (Wildman–Crippen LogP) is 12.1. The molecule has 2 aliphatic rings. The Morgan fingerprint density at radius 2 is 1.12 bits per heavy atom. The maximum Gasteiger partial charge on any atom is 0.410 e. The number of hydrogen-bond donors (Lipinski definition) is 2. The Balaban J connectivity index is 0.000000170. The number of likely N-dealkylation sites (tertiary alicyclic amines) is 1. The number of nitrogens with two attached hydrogens (primary N) is 1. The topological polar surface area (TPSA) is 234 Å². The largest absolute Gasteiger partial charge is 0.444 e. The van der Waals surface area contributed by atoms with Gasteiger partial charge >= 0.3 is 6.09 Å². The maximum atomic E-state index is 13.5. The molecule has 2 fully saturated rings. The van der Waals surface area contributed by atoms with Gasteiger partial charge in [-0.05, 0) is 137 Å². The summed E-state index contributed by atoms with van der Waals surface area (Å²) in [5.41, 5.74) is 14.6. The molecule has 0 bridgehead atoms. The SMILES string of the molecule is C.CC(C)(C)OC(=O)N1CC(N)C1.CCc1nc2ccc(-c3cnc(CC4CNC4)nc3)cn2c1N(C)c1nc(-c2ccc(F)cc2)c(C#N)s1.CCc1nc2ccc(-c3cnc(Cl)nc3)cn2c1N(C)c1nc(-c2ccc(F)cc2)c(C#N)s1. The van der Waals surface area contributed by atoms with E-state index < -0.39 is 5.60 Å². The smallest absolute Gasteiger partial charge is 0.410 e. The van der Waals surface area contributed by atoms with E-state index in [1.165, 1.54) is 46.9 Å². The van der Waals surface area contributed by atoms with E-state index in [9.17, 15) is 24.1 Å². The first-order chi connectivity index (χ1) is 40.4. The van der Waals surface area contributed by atoms with Crippen LogP contribution in [0.25, 0.3) is 56.1 Å². The first kappa shape index (κ1) is 60.7. The maximum absolute atomic E-state index is 13.5. The molecule has 2 aromatic carbocycles. The molecule has 436 valence electrons. The third-order valence-corrected chi connectivity index (χ3v) is 16.0. The molecule has 24 heteroatoms. The fraction of sp³-hybridized carbons (Fsp3) is 0.295. The Morgan fingerprint density at radius 3 is 1.49 bits per heavy atom. The van der Waals surface area contributed by atoms with E-state index >= 15 is 0 Å². The number of benzene rings is 2. The zero-order valence-electron chi connectivity index (χ0n) is 47.0. The van der Waals surface area contributed by atoms with Gasteiger partial charge in [0.25, 0.3) is 0 Å². The van der Waals surface area contributed by atoms with Crippen LogP contribution in [0, 0.1) is 40.2 Å². The molecule has 1 amide bonds. The van der Waals surface area contributed by atoms with E-state index in [1.54, 1.807) is 41.6 Å². The number of imidazole rings is 2. The summed E-state index contributed by atoms with van der Waals surface area (Å²) in [5.74, 6) is 2.54. The molecule has 0 spiro atoms. The highest BCUT2D eigenvalue weighted by Gasteiger charge is 2.31. The second kappa shape index (κ2) is 26.0. The molecule has 85 heavy (non-hydrogen) atoms. The van der Waals surface area contributed by atoms with E-state index in [2.05, 4.69) is 44.3 Å². The summed E-state index contributed by atoms with van der Waals surface area (Å²) < 4.78 is 36.0. The van der Waals surface area contributed by atoms with Crippen molar-refractivity contribution in [1.82, 2.24) is 58.9 Å². The lowest BCUT2D eigenvalue weighted by atomic mass is 9.99. The van der Waals surface area contributed by atoms with Gasteiger partial charge in [0.2, 0.25) is 5.28 Å². The van der Waals surface area contributed by atoms with Crippen LogP contribution in [0.15, 0.2) is 110 Å². The monoisotopic (exact) mass is 1200 g/mol. The Morgan fingerprint density at radius 1 is 0.694 bits per heavy atom. The Hall–Kier alpha value is -8.84. The number of carbonyl (C=O) groups is 1. The van der Waals surface area contributed by atoms with E-state index in [0.29, 0.717) is 68.0 Å². The summed E-state index contributed by atoms with van der Waals surface area (Å²) in [6.45, 7) is 13.0. The molecule has 0 radical (unpaired) electrons. The van der Waals surface area contributed by atoms with Gasteiger partial charge in [0, 0.05) is 110 Å². The fourth-order valence-corrected chi connectivity index (χ4v) is 11.1. The number of anilines is 4. The second-order valence-electron chi connectivity index (χ2n) is 21.0. The molecule has 3 N–H and O–H groups in total. The number of carbonyl (C=O) groups excluding carboxylic acids is 1. The molecular weight excluding hydrogens is 1140 g/mol. The van der Waals surface area contributed by atoms with Crippen molar-refractivity contribution in [1.29, 1.82) is 10.5 Å². The molecular formula is C61H62ClF2N17O2S2. The summed E-state index contributed by atoms with van der Waals surface area (Å²) >= 11 is 8.42. The highest BCUT2D eigenvalue weighted by Crippen LogP contribution is 2.39. The van der Waals surface area contributed by atoms with Crippen molar-refractivity contribution < 1.29 is 18.3 Å². The first-order valence-electron chi connectivity index (χ1n) is 27.0. The molecule has 10 aromatic rings. The number of pyridine rings is 2. The van der Waals surface area contributed by atoms with Gasteiger partial charge in [-0.15, -0.1) is 0 Å². The van der Waals surface area contributed by atoms with Crippen LogP contribution in [0.2, 0.25) is 5.28 Å². The third-order valence-electron chi connectivity index (χ3n) is 13.8. The predicted molar refractivity (Wildman–Crippen MR) is 329 cm³/mol. The second-order valence-corrected chi connectivity index (χ2v) is 23.3. The van der Waals surface area contributed by atoms with Crippen LogP contribution in [0.3, 0.4) is 0 Å². The van der Waals surface area contributed by atoms with Crippen molar-refractivity contribution in [3.05, 3.63) is 154 Å². The van der Waals surface area contributed by atoms with Gasteiger partial charge in [-0.3, -0.25) is 8.80 Å². The van der Waals surface area contributed by atoms with Gasteiger partial charge in [-0.25, -0.2) is 53.4 Å². The Bertz CT molecular complexity index is 4060. The van der Waals surface area contributed by atoms with Crippen molar-refractivity contribution in [3.63, 3.8) is 0 Å². The molecule has 0 saturated carbocycles. The van der Waals surface area contributed by atoms with E-state index in [0.717, 1.165) is 88.3 Å². The summed E-state index contributed by atoms with van der Waals surface area (Å²) in [6, 6.07) is 24.5. The number of nitrogens with zero attached hydrogens (tertiary/aromatic N) is 15. The van der Waals surface area contributed by atoms with Gasteiger partial charge in [-0.1, -0.05) is 43.9 Å². The summed E-state index contributed by atoms with van der Waals surface area (Å²) in [7, 11) is 3.83. The zero-order valence-corrected chi connectivity index (χ0v) is 49.4. The van der Waals surface area contributed by atoms with Crippen molar-refractivity contribution in [2.45, 2.75) is 73.0 Å². The Labute approximate surface area is 504 Å². The number of thiazole rings is 2. The molecule has 0 unspecified atom stereocenters. The summed E-state index contributed by atoms with van der Waals surface area (Å²) in [6.07, 6.45) is 13.2. The number of rotatable bonds is 12. The minimum atomic E-state index is -0.406. The highest BCUT2D eigenvalue weighted by atomic mass is 35.5. The number of nitriles is 2. The lowest BCUT2D eigenvalue weighted by Crippen LogP contribution is -2.58. The van der Waals surface area contributed by atoms with Crippen LogP contribution in [0.4, 0.5) is 35.5 Å². The third kappa shape index (κ3) is 13.6. The van der Waals surface area contributed by atoms with Crippen molar-refractivity contribution >= 4 is 73.6 Å². The van der Waals surface area contributed by atoms with Crippen molar-refractivity contribution in [3.8, 4) is 56.9 Å². The minimum Gasteiger partial charge on any atom is -0.444 e. The lowest BCUT2D eigenvalue weighted by Gasteiger charge is -2.37. The Kier molecular flexibility index (Phi) is 18.6. The van der Waals surface area contributed by atoms with Crippen LogP contribution >= 0.6 is 34.3 Å². The van der Waals surface area contributed by atoms with Gasteiger partial charge in [0.15, 0.2) is 10.3 Å². The zero-order chi connectivity index (χ0) is 59.4. The normalized spacial score (nSPS) is 13.1. The van der Waals surface area contributed by atoms with Gasteiger partial charge < -0.3 is 30.5 Å². The van der Waals surface area contributed by atoms with Crippen LogP contribution in [0.5, 0.6) is 0 Å². The lowest BCUT2D eigenvalue weighted by molar-refractivity contribution is 0.00882. The first-order valence-corrected chi connectivity index (χ1v) is 29.0. The van der Waals surface area contributed by atoms with E-state index in [1.807, 2.05) is 109 Å². The molecule has 8 aromatic heterocycles. The number of nitrogens with one attached hydrogen (secondary N) is 1. The molecule has 2 aliphatic heterocycles. The highest BCUT2D eigenvalue weighted by molar-refractivity contribution is 7.17. The molecule has 10 heterocycles. The molecule has 19 nitrogen and oxygen atoms in total. The number of amides is 1. The van der Waals surface area contributed by atoms with Crippen molar-refractivity contribution in [2.24, 2.45) is 11.7 Å². The molecule has 0 aliphatic carbocycles. The molecule has 0 atom stereocenters. The minimum absolute atomic E-state index is 0. The summed E-state index contributed by atoms with van der Waals surface area (Å²) in [5, 5.41) is 24.2. The van der Waals surface area contributed by atoms with Crippen LogP contribution in [0.1, 0.15) is 69.0 Å². The van der Waals surface area contributed by atoms with Gasteiger partial charge in [-0.2, -0.15) is 10.5 Å². The average Bonchev–Trinajstić information content (AvgIpc) is 2.10. The van der Waals surface area contributed by atoms with E-state index in [-0.39, 0.29) is 36.5 Å². The average molecular weight is 1200 g/mol. The quantitative estimate of drug-likeness (QED) is 0.108. The van der Waals surface area contributed by atoms with Crippen molar-refractivity contribution in [2.75, 3.05) is 50.1 Å². The number of aryl methyl sites for hydroxylation is 2. The number of aromatic nitrogens is 10. The molecule has 2 saturated heterocycles. The number of hydrogen-bond acceptors (Lipinski definition) is 18. The van der Waals surface area contributed by atoms with Crippen LogP contribution in [-0.4, -0.2) is 112 Å². The standard InChI is InChI=1S/C28H25FN8S.C24H17ClFN7S.C8H16N2O2.CH4/c1-3-22-27(36(2)28-35-26(23(11-30)38-28)18-4-7-21(29)8-5-18)37-16-19(6-9-25(37)34-22)20-14-32-24(33-15-20)10-17-12-31-13-17;1-3-18-22(33-13-15(6-9-20(33)30-18)16-11-28-23(25)29-12-16)32(2)24-31-21(19(10-27)34-24)14-4-7-17(26)8-5-14;1-8(2,3)12-7(11)10-4-6(9)5-10;/h4-9,14-17,31H,3,10,12-13H2,1-2H3;4-9,11-13H,3H2,1-2H3;6H,4-5,9H2,1-3H3;1H4. The summed E-state index contributed by atoms with van der Waals surface area (Å²) in [4.78, 5) is 54.2. The van der Waals surface area contributed by atoms with Crippen LogP contribution in [-0.2, 0) is 24.0 Å². The fourth-order valence-electron chi connectivity index (χ4n) is 9.34. The van der Waals surface area contributed by atoms with Gasteiger partial charge in [0.1, 0.15) is 79.3 Å². The molecule has 12 rings (SSSR count). The number of fused-ring (bicyclic) bond motifs is 2.